The fourth-order valence-corrected chi connectivity index (χ4v) is 1.71. The normalized spacial score (nSPS) is 24.8. The molecule has 2 amide bonds. The fourth-order valence-electron chi connectivity index (χ4n) is 1.71. The van der Waals surface area contributed by atoms with E-state index in [0.717, 1.165) is 25.7 Å². The molecule has 0 unspecified atom stereocenters. The third-order valence-electron chi connectivity index (χ3n) is 2.58. The largest absolute Gasteiger partial charge is 0.464 e. The lowest BCUT2D eigenvalue weighted by Crippen LogP contribution is -2.27. The molecule has 0 spiro atoms. The lowest BCUT2D eigenvalue weighted by Gasteiger charge is -2.22. The van der Waals surface area contributed by atoms with Crippen molar-refractivity contribution in [3.8, 4) is 12.0 Å². The number of hydrogen-bond donors (Lipinski definition) is 3. The molecular weight excluding hydrogens is 196 g/mol. The summed E-state index contributed by atoms with van der Waals surface area (Å²) in [6.45, 7) is 0. The van der Waals surface area contributed by atoms with Crippen molar-refractivity contribution in [1.29, 1.82) is 0 Å². The smallest absolute Gasteiger partial charge is 0.416 e. The second kappa shape index (κ2) is 5.25. The zero-order chi connectivity index (χ0) is 11.3. The Hall–Kier alpha value is -1.70. The van der Waals surface area contributed by atoms with Crippen LogP contribution in [-0.4, -0.2) is 17.1 Å². The number of carbonyl (C=O) groups excluding carboxylic acids is 1. The first-order valence-electron chi connectivity index (χ1n) is 4.88. The predicted molar refractivity (Wildman–Crippen MR) is 53.6 cm³/mol. The Bertz CT molecular complexity index is 308. The van der Waals surface area contributed by atoms with E-state index in [9.17, 15) is 9.59 Å². The van der Waals surface area contributed by atoms with Crippen LogP contribution in [0, 0.1) is 23.8 Å². The molecule has 0 radical (unpaired) electrons. The molecule has 82 valence electrons. The minimum Gasteiger partial charge on any atom is -0.464 e. The summed E-state index contributed by atoms with van der Waals surface area (Å²) in [6.07, 6.45) is 1.97. The van der Waals surface area contributed by atoms with Gasteiger partial charge in [-0.1, -0.05) is 5.92 Å². The molecule has 0 aromatic heterocycles. The van der Waals surface area contributed by atoms with Crippen LogP contribution in [0.5, 0.6) is 0 Å². The maximum absolute atomic E-state index is 10.9. The van der Waals surface area contributed by atoms with E-state index in [-0.39, 0.29) is 17.7 Å². The molecule has 0 aromatic carbocycles. The second-order valence-corrected chi connectivity index (χ2v) is 3.65. The molecule has 1 saturated carbocycles. The van der Waals surface area contributed by atoms with Crippen molar-refractivity contribution < 1.29 is 14.7 Å². The van der Waals surface area contributed by atoms with Crippen molar-refractivity contribution in [2.75, 3.05) is 0 Å². The maximum Gasteiger partial charge on any atom is 0.416 e. The molecule has 1 rings (SSSR count). The zero-order valence-electron chi connectivity index (χ0n) is 8.32. The molecule has 0 aromatic rings. The van der Waals surface area contributed by atoms with E-state index in [1.54, 1.807) is 0 Å². The maximum atomic E-state index is 10.9. The number of nitrogens with two attached hydrogens (primary N) is 1. The Morgan fingerprint density at radius 3 is 2.33 bits per heavy atom. The van der Waals surface area contributed by atoms with Gasteiger partial charge in [0.2, 0.25) is 5.91 Å². The molecule has 4 N–H and O–H groups in total. The summed E-state index contributed by atoms with van der Waals surface area (Å²) in [5, 5.41) is 10.3. The van der Waals surface area contributed by atoms with Gasteiger partial charge < -0.3 is 10.8 Å². The molecule has 15 heavy (non-hydrogen) atoms. The number of hydrogen-bond acceptors (Lipinski definition) is 2. The summed E-state index contributed by atoms with van der Waals surface area (Å²) in [5.74, 6) is 2.71. The van der Waals surface area contributed by atoms with Gasteiger partial charge in [-0.25, -0.2) is 10.1 Å². The van der Waals surface area contributed by atoms with Gasteiger partial charge in [0, 0.05) is 17.9 Å². The monoisotopic (exact) mass is 210 g/mol. The van der Waals surface area contributed by atoms with Crippen LogP contribution >= 0.6 is 0 Å². The highest BCUT2D eigenvalue weighted by Gasteiger charge is 2.23. The van der Waals surface area contributed by atoms with Crippen LogP contribution in [0.25, 0.3) is 0 Å². The van der Waals surface area contributed by atoms with Gasteiger partial charge in [0.05, 0.1) is 0 Å². The quantitative estimate of drug-likeness (QED) is 0.435. The van der Waals surface area contributed by atoms with Crippen LogP contribution in [0.2, 0.25) is 0 Å². The summed E-state index contributed by atoms with van der Waals surface area (Å²) in [7, 11) is 0. The van der Waals surface area contributed by atoms with Gasteiger partial charge in [0.1, 0.15) is 0 Å². The van der Waals surface area contributed by atoms with E-state index in [0.29, 0.717) is 0 Å². The molecule has 0 atom stereocenters. The zero-order valence-corrected chi connectivity index (χ0v) is 8.32. The van der Waals surface area contributed by atoms with Crippen LogP contribution in [0.4, 0.5) is 4.79 Å². The molecule has 0 saturated heterocycles. The van der Waals surface area contributed by atoms with Crippen molar-refractivity contribution in [1.82, 2.24) is 5.32 Å². The summed E-state index contributed by atoms with van der Waals surface area (Å²) in [4.78, 5) is 21.0. The van der Waals surface area contributed by atoms with E-state index in [2.05, 4.69) is 12.0 Å². The van der Waals surface area contributed by atoms with E-state index in [4.69, 9.17) is 10.8 Å². The van der Waals surface area contributed by atoms with Crippen molar-refractivity contribution in [2.24, 2.45) is 17.6 Å². The van der Waals surface area contributed by atoms with E-state index in [1.807, 2.05) is 5.32 Å². The van der Waals surface area contributed by atoms with Gasteiger partial charge in [-0.2, -0.15) is 0 Å². The number of primary amides is 1. The SMILES string of the molecule is NC(=O)C1CCC(C#CNC(=O)O)CC1. The predicted octanol–water partition coefficient (Wildman–Crippen LogP) is 0.507. The third kappa shape index (κ3) is 3.90. The third-order valence-corrected chi connectivity index (χ3v) is 2.58. The van der Waals surface area contributed by atoms with Crippen LogP contribution in [0.3, 0.4) is 0 Å². The molecule has 5 heteroatoms. The first-order valence-corrected chi connectivity index (χ1v) is 4.88. The second-order valence-electron chi connectivity index (χ2n) is 3.65. The van der Waals surface area contributed by atoms with Crippen LogP contribution in [0.15, 0.2) is 0 Å². The Morgan fingerprint density at radius 2 is 1.87 bits per heavy atom. The number of amides is 2. The number of carbonyl (C=O) groups is 2. The average molecular weight is 210 g/mol. The molecule has 1 fully saturated rings. The van der Waals surface area contributed by atoms with Gasteiger partial charge >= 0.3 is 6.09 Å². The first kappa shape index (κ1) is 11.4. The first-order chi connectivity index (χ1) is 7.09. The van der Waals surface area contributed by atoms with Gasteiger partial charge in [-0.3, -0.25) is 4.79 Å². The summed E-state index contributed by atoms with van der Waals surface area (Å²) >= 11 is 0. The highest BCUT2D eigenvalue weighted by molar-refractivity contribution is 5.76. The highest BCUT2D eigenvalue weighted by atomic mass is 16.4. The van der Waals surface area contributed by atoms with Crippen molar-refractivity contribution in [2.45, 2.75) is 25.7 Å². The molecular formula is C10H14N2O3. The molecule has 0 aliphatic heterocycles. The Labute approximate surface area is 88.0 Å². The van der Waals surface area contributed by atoms with Gasteiger partial charge in [-0.05, 0) is 25.7 Å². The molecule has 5 nitrogen and oxygen atoms in total. The Kier molecular flexibility index (Phi) is 3.98. The standard InChI is InChI=1S/C10H14N2O3/c11-9(13)8-3-1-7(2-4-8)5-6-12-10(14)15/h7-8,12H,1-4H2,(H2,11,13)(H,14,15). The highest BCUT2D eigenvalue weighted by Crippen LogP contribution is 2.27. The van der Waals surface area contributed by atoms with Gasteiger partial charge in [-0.15, -0.1) is 0 Å². The lowest BCUT2D eigenvalue weighted by atomic mass is 9.82. The van der Waals surface area contributed by atoms with E-state index >= 15 is 0 Å². The molecule has 0 bridgehead atoms. The Morgan fingerprint density at radius 1 is 1.27 bits per heavy atom. The molecule has 1 aliphatic rings. The van der Waals surface area contributed by atoms with Crippen molar-refractivity contribution in [3.63, 3.8) is 0 Å². The summed E-state index contributed by atoms with van der Waals surface area (Å²) in [6, 6.07) is 2.38. The van der Waals surface area contributed by atoms with Gasteiger partial charge in [0.15, 0.2) is 0 Å². The topological polar surface area (TPSA) is 92.4 Å². The van der Waals surface area contributed by atoms with E-state index < -0.39 is 6.09 Å². The fraction of sp³-hybridized carbons (Fsp3) is 0.600. The minimum absolute atomic E-state index is 0.0320. The molecule has 0 heterocycles. The van der Waals surface area contributed by atoms with Crippen LogP contribution < -0.4 is 11.1 Å². The minimum atomic E-state index is -1.15. The lowest BCUT2D eigenvalue weighted by molar-refractivity contribution is -0.122. The average Bonchev–Trinajstić information content (AvgIpc) is 2.18. The number of carboxylic acid groups (broad SMARTS) is 1. The van der Waals surface area contributed by atoms with Crippen molar-refractivity contribution in [3.05, 3.63) is 0 Å². The van der Waals surface area contributed by atoms with Gasteiger partial charge in [0.25, 0.3) is 0 Å². The van der Waals surface area contributed by atoms with E-state index in [1.165, 1.54) is 0 Å². The van der Waals surface area contributed by atoms with Crippen LogP contribution in [-0.2, 0) is 4.79 Å². The van der Waals surface area contributed by atoms with Crippen LogP contribution in [0.1, 0.15) is 25.7 Å². The number of rotatable bonds is 1. The summed E-state index contributed by atoms with van der Waals surface area (Å²) < 4.78 is 0. The molecule has 1 aliphatic carbocycles. The number of nitrogens with one attached hydrogen (secondary N) is 1. The summed E-state index contributed by atoms with van der Waals surface area (Å²) in [5.41, 5.74) is 5.19. The Balaban J connectivity index is 2.33. The van der Waals surface area contributed by atoms with Crippen molar-refractivity contribution >= 4 is 12.0 Å².